The van der Waals surface area contributed by atoms with Crippen molar-refractivity contribution in [2.24, 2.45) is 0 Å². The van der Waals surface area contributed by atoms with Gasteiger partial charge in [0.1, 0.15) is 5.56 Å². The number of anilines is 1. The number of pyridine rings is 1. The third kappa shape index (κ3) is 3.12. The fraction of sp³-hybridized carbons (Fsp3) is 0.143. The Morgan fingerprint density at radius 3 is 2.84 bits per heavy atom. The van der Waals surface area contributed by atoms with E-state index in [2.05, 4.69) is 26.2 Å². The van der Waals surface area contributed by atoms with Gasteiger partial charge in [-0.05, 0) is 42.3 Å². The summed E-state index contributed by atoms with van der Waals surface area (Å²) in [6.07, 6.45) is 2.29. The van der Waals surface area contributed by atoms with Crippen molar-refractivity contribution in [2.75, 3.05) is 5.32 Å². The predicted molar refractivity (Wildman–Crippen MR) is 78.5 cm³/mol. The van der Waals surface area contributed by atoms with Gasteiger partial charge in [-0.2, -0.15) is 0 Å². The van der Waals surface area contributed by atoms with Gasteiger partial charge >= 0.3 is 0 Å². The zero-order chi connectivity index (χ0) is 13.8. The molecule has 19 heavy (non-hydrogen) atoms. The summed E-state index contributed by atoms with van der Waals surface area (Å²) in [6.45, 7) is 2.01. The Hall–Kier alpha value is -1.88. The first-order chi connectivity index (χ1) is 9.11. The second-order valence-electron chi connectivity index (χ2n) is 4.02. The zero-order valence-electron chi connectivity index (χ0n) is 10.4. The monoisotopic (exact) mass is 320 g/mol. The lowest BCUT2D eigenvalue weighted by atomic mass is 10.1. The van der Waals surface area contributed by atoms with E-state index < -0.39 is 11.5 Å². The molecule has 0 atom stereocenters. The number of hydrogen-bond acceptors (Lipinski definition) is 2. The van der Waals surface area contributed by atoms with E-state index in [4.69, 9.17) is 0 Å². The summed E-state index contributed by atoms with van der Waals surface area (Å²) < 4.78 is 0.958. The number of carbonyl (C=O) groups excluding carboxylic acids is 1. The molecule has 0 aliphatic carbocycles. The summed E-state index contributed by atoms with van der Waals surface area (Å²) in [5.74, 6) is -0.404. The molecule has 2 rings (SSSR count). The molecule has 0 aliphatic rings. The molecule has 98 valence electrons. The normalized spacial score (nSPS) is 10.2. The summed E-state index contributed by atoms with van der Waals surface area (Å²) in [6, 6.07) is 8.74. The number of carbonyl (C=O) groups is 1. The van der Waals surface area contributed by atoms with Gasteiger partial charge in [-0.15, -0.1) is 0 Å². The van der Waals surface area contributed by atoms with Crippen LogP contribution in [0, 0.1) is 0 Å². The van der Waals surface area contributed by atoms with E-state index in [1.807, 2.05) is 25.1 Å². The molecule has 0 saturated carbocycles. The lowest BCUT2D eigenvalue weighted by Gasteiger charge is -2.10. The number of benzene rings is 1. The highest BCUT2D eigenvalue weighted by molar-refractivity contribution is 9.10. The van der Waals surface area contributed by atoms with Crippen LogP contribution in [0.3, 0.4) is 0 Å². The molecule has 2 N–H and O–H groups in total. The highest BCUT2D eigenvalue weighted by Crippen LogP contribution is 2.21. The van der Waals surface area contributed by atoms with Gasteiger partial charge in [-0.3, -0.25) is 9.59 Å². The number of aromatic nitrogens is 1. The van der Waals surface area contributed by atoms with Gasteiger partial charge in [0.2, 0.25) is 0 Å². The van der Waals surface area contributed by atoms with Gasteiger partial charge in [0.25, 0.3) is 11.5 Å². The minimum absolute atomic E-state index is 0.104. The molecule has 1 heterocycles. The maximum absolute atomic E-state index is 12.0. The van der Waals surface area contributed by atoms with Gasteiger partial charge in [-0.1, -0.05) is 22.9 Å². The molecule has 0 spiro atoms. The van der Waals surface area contributed by atoms with Crippen LogP contribution in [0.2, 0.25) is 0 Å². The summed E-state index contributed by atoms with van der Waals surface area (Å²) >= 11 is 3.39. The van der Waals surface area contributed by atoms with Crippen LogP contribution >= 0.6 is 15.9 Å². The second kappa shape index (κ2) is 5.84. The third-order valence-electron chi connectivity index (χ3n) is 2.76. The smallest absolute Gasteiger partial charge is 0.261 e. The second-order valence-corrected chi connectivity index (χ2v) is 4.94. The maximum Gasteiger partial charge on any atom is 0.261 e. The zero-order valence-corrected chi connectivity index (χ0v) is 12.0. The van der Waals surface area contributed by atoms with Crippen LogP contribution in [0.15, 0.2) is 45.8 Å². The number of halogens is 1. The Labute approximate surface area is 119 Å². The lowest BCUT2D eigenvalue weighted by molar-refractivity contribution is 0.102. The van der Waals surface area contributed by atoms with E-state index in [9.17, 15) is 9.59 Å². The van der Waals surface area contributed by atoms with Crippen LogP contribution in [0.25, 0.3) is 0 Å². The quantitative estimate of drug-likeness (QED) is 0.913. The fourth-order valence-corrected chi connectivity index (χ4v) is 2.18. The van der Waals surface area contributed by atoms with Crippen molar-refractivity contribution in [3.8, 4) is 0 Å². The molecule has 0 saturated heterocycles. The third-order valence-corrected chi connectivity index (χ3v) is 3.25. The standard InChI is InChI=1S/C14H13BrN2O2/c1-2-9-8-10(15)5-6-12(9)17-14(19)11-4-3-7-16-13(11)18/h3-8H,2H2,1H3,(H,16,18)(H,17,19). The first-order valence-electron chi connectivity index (χ1n) is 5.89. The Balaban J connectivity index is 2.29. The van der Waals surface area contributed by atoms with Crippen molar-refractivity contribution < 1.29 is 4.79 Å². The number of aryl methyl sites for hydroxylation is 1. The Kier molecular flexibility index (Phi) is 4.16. The molecule has 1 aromatic heterocycles. The molecule has 1 amide bonds. The van der Waals surface area contributed by atoms with Crippen LogP contribution in [-0.4, -0.2) is 10.9 Å². The number of amides is 1. The van der Waals surface area contributed by atoms with Crippen LogP contribution in [-0.2, 0) is 6.42 Å². The number of nitrogens with one attached hydrogen (secondary N) is 2. The molecule has 0 radical (unpaired) electrons. The summed E-state index contributed by atoms with van der Waals surface area (Å²) in [5, 5.41) is 2.77. The molecule has 0 aliphatic heterocycles. The summed E-state index contributed by atoms with van der Waals surface area (Å²) in [4.78, 5) is 26.1. The highest BCUT2D eigenvalue weighted by Gasteiger charge is 2.11. The highest BCUT2D eigenvalue weighted by atomic mass is 79.9. The summed E-state index contributed by atoms with van der Waals surface area (Å²) in [7, 11) is 0. The maximum atomic E-state index is 12.0. The number of aromatic amines is 1. The van der Waals surface area contributed by atoms with E-state index >= 15 is 0 Å². The molecular weight excluding hydrogens is 308 g/mol. The van der Waals surface area contributed by atoms with Crippen LogP contribution in [0.4, 0.5) is 5.69 Å². The van der Waals surface area contributed by atoms with E-state index in [1.165, 1.54) is 12.3 Å². The molecule has 0 fully saturated rings. The lowest BCUT2D eigenvalue weighted by Crippen LogP contribution is -2.22. The molecule has 0 unspecified atom stereocenters. The molecule has 5 heteroatoms. The van der Waals surface area contributed by atoms with Crippen LogP contribution in [0.1, 0.15) is 22.8 Å². The van der Waals surface area contributed by atoms with E-state index in [0.717, 1.165) is 22.1 Å². The molecule has 1 aromatic carbocycles. The van der Waals surface area contributed by atoms with Gasteiger partial charge in [0.05, 0.1) is 0 Å². The Bertz CT molecular complexity index is 664. The first-order valence-corrected chi connectivity index (χ1v) is 6.68. The number of hydrogen-bond donors (Lipinski definition) is 2. The predicted octanol–water partition coefficient (Wildman–Crippen LogP) is 2.95. The van der Waals surface area contributed by atoms with Crippen molar-refractivity contribution >= 4 is 27.5 Å². The van der Waals surface area contributed by atoms with Crippen LogP contribution < -0.4 is 10.9 Å². The van der Waals surface area contributed by atoms with Crippen molar-refractivity contribution in [3.05, 3.63) is 62.5 Å². The van der Waals surface area contributed by atoms with E-state index in [1.54, 1.807) is 6.07 Å². The van der Waals surface area contributed by atoms with Crippen molar-refractivity contribution in [2.45, 2.75) is 13.3 Å². The van der Waals surface area contributed by atoms with Gasteiger partial charge in [0.15, 0.2) is 0 Å². The van der Waals surface area contributed by atoms with Gasteiger partial charge < -0.3 is 10.3 Å². The average Bonchev–Trinajstić information content (AvgIpc) is 2.41. The fourth-order valence-electron chi connectivity index (χ4n) is 1.77. The molecular formula is C14H13BrN2O2. The minimum Gasteiger partial charge on any atom is -0.328 e. The first kappa shape index (κ1) is 13.5. The van der Waals surface area contributed by atoms with E-state index in [0.29, 0.717) is 0 Å². The largest absolute Gasteiger partial charge is 0.328 e. The minimum atomic E-state index is -0.404. The number of rotatable bonds is 3. The summed E-state index contributed by atoms with van der Waals surface area (Å²) in [5.41, 5.74) is 1.44. The van der Waals surface area contributed by atoms with E-state index in [-0.39, 0.29) is 5.56 Å². The molecule has 2 aromatic rings. The topological polar surface area (TPSA) is 62.0 Å². The van der Waals surface area contributed by atoms with Gasteiger partial charge in [-0.25, -0.2) is 0 Å². The Morgan fingerprint density at radius 1 is 1.37 bits per heavy atom. The number of H-pyrrole nitrogens is 1. The van der Waals surface area contributed by atoms with Crippen molar-refractivity contribution in [3.63, 3.8) is 0 Å². The SMILES string of the molecule is CCc1cc(Br)ccc1NC(=O)c1ccc[nH]c1=O. The average molecular weight is 321 g/mol. The van der Waals surface area contributed by atoms with Crippen molar-refractivity contribution in [1.82, 2.24) is 4.98 Å². The van der Waals surface area contributed by atoms with Crippen LogP contribution in [0.5, 0.6) is 0 Å². The van der Waals surface area contributed by atoms with Gasteiger partial charge in [0, 0.05) is 16.4 Å². The Morgan fingerprint density at radius 2 is 2.16 bits per heavy atom. The molecule has 0 bridgehead atoms. The van der Waals surface area contributed by atoms with Crippen molar-refractivity contribution in [1.29, 1.82) is 0 Å². The molecule has 4 nitrogen and oxygen atoms in total.